The number of halogens is 4. The van der Waals surface area contributed by atoms with Crippen LogP contribution in [0.1, 0.15) is 16.7 Å². The van der Waals surface area contributed by atoms with Crippen LogP contribution in [0.15, 0.2) is 72.8 Å². The van der Waals surface area contributed by atoms with E-state index in [-0.39, 0.29) is 49.4 Å². The van der Waals surface area contributed by atoms with Gasteiger partial charge in [0.2, 0.25) is 0 Å². The minimum absolute atomic E-state index is 0.0619. The first kappa shape index (κ1) is 32.9. The molecule has 0 saturated carbocycles. The fourth-order valence-corrected chi connectivity index (χ4v) is 5.42. The normalized spacial score (nSPS) is 12.0. The molecule has 230 valence electrons. The molecular weight excluding hydrogens is 650 g/mol. The summed E-state index contributed by atoms with van der Waals surface area (Å²) < 4.78 is 0. The minimum atomic E-state index is -0.406. The Morgan fingerprint density at radius 3 is 1.61 bits per heavy atom. The lowest BCUT2D eigenvalue weighted by molar-refractivity contribution is 0.248. The number of benzene rings is 4. The molecule has 0 saturated heterocycles. The molecule has 0 aliphatic heterocycles. The largest absolute Gasteiger partial charge is 0.508 e. The van der Waals surface area contributed by atoms with Gasteiger partial charge < -0.3 is 36.6 Å². The summed E-state index contributed by atoms with van der Waals surface area (Å²) in [5, 5.41) is 39.3. The number of fused-ring (bicyclic) bond motifs is 1. The Morgan fingerprint density at radius 2 is 1.14 bits per heavy atom. The number of carbonyl (C=O) groups is 2. The van der Waals surface area contributed by atoms with Crippen molar-refractivity contribution in [3.05, 3.63) is 110 Å². The molecule has 0 heterocycles. The maximum atomic E-state index is 12.1. The summed E-state index contributed by atoms with van der Waals surface area (Å²) in [5.74, 6) is -0.210. The predicted molar refractivity (Wildman–Crippen MR) is 175 cm³/mol. The topological polar surface area (TPSA) is 143 Å². The fourth-order valence-electron chi connectivity index (χ4n) is 4.45. The van der Waals surface area contributed by atoms with Crippen LogP contribution >= 0.6 is 46.4 Å². The van der Waals surface area contributed by atoms with Crippen LogP contribution in [0.3, 0.4) is 0 Å². The first-order valence-corrected chi connectivity index (χ1v) is 14.8. The highest BCUT2D eigenvalue weighted by atomic mass is 35.5. The van der Waals surface area contributed by atoms with E-state index in [2.05, 4.69) is 33.4 Å². The third-order valence-electron chi connectivity index (χ3n) is 6.57. The highest BCUT2D eigenvalue weighted by Gasteiger charge is 2.22. The Balaban J connectivity index is 0.000000201. The number of urea groups is 2. The molecule has 4 aromatic rings. The first-order chi connectivity index (χ1) is 21.0. The highest BCUT2D eigenvalue weighted by molar-refractivity contribution is 6.38. The van der Waals surface area contributed by atoms with Crippen molar-refractivity contribution in [2.45, 2.75) is 25.3 Å². The monoisotopic (exact) mass is 676 g/mol. The fraction of sp³-hybridized carbons (Fsp3) is 0.161. The van der Waals surface area contributed by atoms with E-state index in [9.17, 15) is 24.9 Å². The molecule has 13 heteroatoms. The molecule has 1 aliphatic rings. The molecule has 0 unspecified atom stereocenters. The standard InChI is InChI=1S/C16H14Cl2N2O2.C15H14Cl2N2O3/c17-13-7-12(8-14(18)15(13)21)20-16(22)19-11-5-9-3-1-2-4-10(9)6-11;16-12-7-10(8-13(17)14(12)21)19-15(22)18-6-5-9-1-3-11(20)4-2-9/h1-4,7-8,11,21H,5-6H2,(H2,19,20,22);1-4,7-8,20-21H,5-6H2,(H2,18,19,22). The van der Waals surface area contributed by atoms with Gasteiger partial charge in [-0.15, -0.1) is 0 Å². The lowest BCUT2D eigenvalue weighted by Crippen LogP contribution is -2.38. The number of carbonyl (C=O) groups excluding carboxylic acids is 2. The van der Waals surface area contributed by atoms with Gasteiger partial charge in [-0.05, 0) is 72.4 Å². The lowest BCUT2D eigenvalue weighted by atomic mass is 10.1. The van der Waals surface area contributed by atoms with Crippen molar-refractivity contribution in [1.29, 1.82) is 0 Å². The molecule has 7 N–H and O–H groups in total. The molecule has 0 aromatic heterocycles. The number of aromatic hydroxyl groups is 3. The van der Waals surface area contributed by atoms with Crippen molar-refractivity contribution in [2.75, 3.05) is 17.2 Å². The number of hydrogen-bond acceptors (Lipinski definition) is 5. The Labute approximate surface area is 273 Å². The number of phenols is 3. The Bertz CT molecular complexity index is 1580. The zero-order valence-corrected chi connectivity index (χ0v) is 26.0. The third-order valence-corrected chi connectivity index (χ3v) is 7.72. The molecular formula is C31H28Cl4N4O5. The summed E-state index contributed by atoms with van der Waals surface area (Å²) in [6, 6.07) is 20.0. The summed E-state index contributed by atoms with van der Waals surface area (Å²) in [5.41, 5.74) is 4.34. The van der Waals surface area contributed by atoms with Crippen molar-refractivity contribution >= 4 is 69.8 Å². The number of anilines is 2. The Kier molecular flexibility index (Phi) is 11.3. The van der Waals surface area contributed by atoms with E-state index in [4.69, 9.17) is 46.4 Å². The second kappa shape index (κ2) is 15.1. The van der Waals surface area contributed by atoms with Gasteiger partial charge in [-0.2, -0.15) is 0 Å². The van der Waals surface area contributed by atoms with Gasteiger partial charge in [-0.3, -0.25) is 0 Å². The second-order valence-corrected chi connectivity index (χ2v) is 11.5. The highest BCUT2D eigenvalue weighted by Crippen LogP contribution is 2.35. The molecule has 44 heavy (non-hydrogen) atoms. The number of hydrogen-bond donors (Lipinski definition) is 7. The van der Waals surface area contributed by atoms with Crippen LogP contribution < -0.4 is 21.3 Å². The van der Waals surface area contributed by atoms with E-state index in [1.54, 1.807) is 24.3 Å². The van der Waals surface area contributed by atoms with E-state index in [0.717, 1.165) is 18.4 Å². The molecule has 0 spiro atoms. The lowest BCUT2D eigenvalue weighted by Gasteiger charge is -2.14. The summed E-state index contributed by atoms with van der Waals surface area (Å²) in [7, 11) is 0. The number of nitrogens with one attached hydrogen (secondary N) is 4. The van der Waals surface area contributed by atoms with Crippen LogP contribution in [-0.2, 0) is 19.3 Å². The maximum Gasteiger partial charge on any atom is 0.319 e. The van der Waals surface area contributed by atoms with Crippen molar-refractivity contribution in [3.8, 4) is 17.2 Å². The smallest absolute Gasteiger partial charge is 0.319 e. The quantitative estimate of drug-likeness (QED) is 0.104. The van der Waals surface area contributed by atoms with E-state index in [1.165, 1.54) is 35.4 Å². The molecule has 0 fully saturated rings. The van der Waals surface area contributed by atoms with Crippen molar-refractivity contribution < 1.29 is 24.9 Å². The number of amides is 4. The van der Waals surface area contributed by atoms with E-state index in [1.807, 2.05) is 12.1 Å². The SMILES string of the molecule is O=C(NCCc1ccc(O)cc1)Nc1cc(Cl)c(O)c(Cl)c1.O=C(Nc1cc(Cl)c(O)c(Cl)c1)NC1Cc2ccccc2C1. The van der Waals surface area contributed by atoms with Crippen LogP contribution in [0.4, 0.5) is 21.0 Å². The Morgan fingerprint density at radius 1 is 0.682 bits per heavy atom. The number of phenolic OH excluding ortho intramolecular Hbond substituents is 3. The minimum Gasteiger partial charge on any atom is -0.508 e. The zero-order chi connectivity index (χ0) is 31.8. The van der Waals surface area contributed by atoms with Crippen LogP contribution in [-0.4, -0.2) is 40.0 Å². The summed E-state index contributed by atoms with van der Waals surface area (Å²) in [6.45, 7) is 0.427. The third kappa shape index (κ3) is 9.24. The van der Waals surface area contributed by atoms with Gasteiger partial charge in [-0.25, -0.2) is 9.59 Å². The van der Waals surface area contributed by atoms with Crippen molar-refractivity contribution in [3.63, 3.8) is 0 Å². The van der Waals surface area contributed by atoms with Gasteiger partial charge in [0.25, 0.3) is 0 Å². The average Bonchev–Trinajstić information content (AvgIpc) is 3.38. The van der Waals surface area contributed by atoms with Gasteiger partial charge in [0.05, 0.1) is 20.1 Å². The van der Waals surface area contributed by atoms with Crippen molar-refractivity contribution in [2.24, 2.45) is 0 Å². The van der Waals surface area contributed by atoms with Crippen molar-refractivity contribution in [1.82, 2.24) is 10.6 Å². The number of rotatable bonds is 6. The van der Waals surface area contributed by atoms with Crippen LogP contribution in [0.25, 0.3) is 0 Å². The molecule has 9 nitrogen and oxygen atoms in total. The Hall–Kier alpha value is -4.02. The van der Waals surface area contributed by atoms with E-state index < -0.39 is 6.03 Å². The molecule has 0 bridgehead atoms. The first-order valence-electron chi connectivity index (χ1n) is 13.3. The zero-order valence-electron chi connectivity index (χ0n) is 23.0. The van der Waals surface area contributed by atoms with Crippen LogP contribution in [0, 0.1) is 0 Å². The molecule has 4 aromatic carbocycles. The molecule has 0 radical (unpaired) electrons. The average molecular weight is 678 g/mol. The van der Waals surface area contributed by atoms with Crippen LogP contribution in [0.2, 0.25) is 20.1 Å². The van der Waals surface area contributed by atoms with Gasteiger partial charge in [0.15, 0.2) is 11.5 Å². The molecule has 1 aliphatic carbocycles. The van der Waals surface area contributed by atoms with E-state index >= 15 is 0 Å². The second-order valence-electron chi connectivity index (χ2n) is 9.85. The molecule has 0 atom stereocenters. The van der Waals surface area contributed by atoms with Gasteiger partial charge in [0.1, 0.15) is 5.75 Å². The molecule has 5 rings (SSSR count). The van der Waals surface area contributed by atoms with Gasteiger partial charge in [0, 0.05) is 24.0 Å². The van der Waals surface area contributed by atoms with E-state index in [0.29, 0.717) is 24.3 Å². The maximum absolute atomic E-state index is 12.1. The molecule has 4 amide bonds. The van der Waals surface area contributed by atoms with Gasteiger partial charge >= 0.3 is 12.1 Å². The summed E-state index contributed by atoms with van der Waals surface area (Å²) in [6.07, 6.45) is 2.27. The summed E-state index contributed by atoms with van der Waals surface area (Å²) >= 11 is 23.2. The van der Waals surface area contributed by atoms with Gasteiger partial charge in [-0.1, -0.05) is 82.8 Å². The summed E-state index contributed by atoms with van der Waals surface area (Å²) in [4.78, 5) is 23.8. The van der Waals surface area contributed by atoms with Crippen LogP contribution in [0.5, 0.6) is 17.2 Å². The predicted octanol–water partition coefficient (Wildman–Crippen LogP) is 7.76.